The van der Waals surface area contributed by atoms with Gasteiger partial charge in [-0.25, -0.2) is 10.5 Å². The van der Waals surface area contributed by atoms with Crippen molar-refractivity contribution < 1.29 is 24.0 Å². The van der Waals surface area contributed by atoms with Crippen molar-refractivity contribution in [2.45, 2.75) is 44.8 Å². The Labute approximate surface area is 197 Å². The van der Waals surface area contributed by atoms with E-state index in [0.29, 0.717) is 17.7 Å². The number of hydrogen-bond acceptors (Lipinski definition) is 8. The van der Waals surface area contributed by atoms with E-state index >= 15 is 0 Å². The number of nitrogens with one attached hydrogen (secondary N) is 3. The van der Waals surface area contributed by atoms with E-state index in [2.05, 4.69) is 37.5 Å². The first-order valence-electron chi connectivity index (χ1n) is 10.8. The zero-order valence-electron chi connectivity index (χ0n) is 19.1. The Kier molecular flexibility index (Phi) is 8.14. The highest BCUT2D eigenvalue weighted by atomic mass is 16.6. The average molecular weight is 469 g/mol. The van der Waals surface area contributed by atoms with Gasteiger partial charge in [-0.2, -0.15) is 4.98 Å². The van der Waals surface area contributed by atoms with Gasteiger partial charge in [0.05, 0.1) is 13.2 Å². The molecule has 0 saturated heterocycles. The molecule has 11 nitrogen and oxygen atoms in total. The van der Waals surface area contributed by atoms with E-state index in [1.165, 1.54) is 19.4 Å². The lowest BCUT2D eigenvalue weighted by molar-refractivity contribution is -0.118. The molecule has 1 aromatic heterocycles. The van der Waals surface area contributed by atoms with Gasteiger partial charge in [0.1, 0.15) is 11.7 Å². The molecule has 1 heterocycles. The molecule has 0 spiro atoms. The second-order valence-electron chi connectivity index (χ2n) is 7.83. The molecule has 3 rings (SSSR count). The van der Waals surface area contributed by atoms with Crippen LogP contribution in [0.3, 0.4) is 0 Å². The van der Waals surface area contributed by atoms with Crippen molar-refractivity contribution in [2.24, 2.45) is 5.73 Å². The van der Waals surface area contributed by atoms with Crippen LogP contribution in [0.2, 0.25) is 0 Å². The molecule has 1 fully saturated rings. The second-order valence-corrected chi connectivity index (χ2v) is 7.83. The molecule has 34 heavy (non-hydrogen) atoms. The van der Waals surface area contributed by atoms with Gasteiger partial charge in [-0.1, -0.05) is 19.1 Å². The lowest BCUT2D eigenvalue weighted by atomic mass is 9.92. The molecule has 180 valence electrons. The molecule has 2 aromatic rings. The standard InChI is InChI=1S/C23H28N6O5/c1-4-19(30)26-16-7-5-6-8-18(16)34-22-15(20(24)31)12-25-23(28-22)27-17-11-14(10-9-13(17)2)21(32)29-33-3/h4,9-12,16,18H,1,5-8H2,2-3H3,(H2,24,31)(H,26,30)(H,29,32)(H,25,27,28). The van der Waals surface area contributed by atoms with Crippen LogP contribution in [0.4, 0.5) is 11.6 Å². The fraction of sp³-hybridized carbons (Fsp3) is 0.348. The van der Waals surface area contributed by atoms with Gasteiger partial charge in [0.2, 0.25) is 17.7 Å². The summed E-state index contributed by atoms with van der Waals surface area (Å²) in [4.78, 5) is 49.1. The molecular formula is C23H28N6O5. The number of hydroxylamine groups is 1. The third kappa shape index (κ3) is 6.07. The molecule has 2 atom stereocenters. The molecule has 5 N–H and O–H groups in total. The SMILES string of the molecule is C=CC(=O)NC1CCCCC1Oc1nc(Nc2cc(C(=O)NOC)ccc2C)ncc1C(N)=O. The number of hydrogen-bond donors (Lipinski definition) is 4. The molecule has 0 bridgehead atoms. The Morgan fingerprint density at radius 2 is 2.00 bits per heavy atom. The van der Waals surface area contributed by atoms with Crippen LogP contribution in [0.25, 0.3) is 0 Å². The molecule has 11 heteroatoms. The lowest BCUT2D eigenvalue weighted by Crippen LogP contribution is -2.47. The van der Waals surface area contributed by atoms with Crippen molar-refractivity contribution in [3.63, 3.8) is 0 Å². The normalized spacial score (nSPS) is 17.4. The van der Waals surface area contributed by atoms with Crippen LogP contribution in [0.15, 0.2) is 37.1 Å². The number of nitrogens with zero attached hydrogens (tertiary/aromatic N) is 2. The van der Waals surface area contributed by atoms with Gasteiger partial charge in [-0.3, -0.25) is 19.2 Å². The predicted octanol–water partition coefficient (Wildman–Crippen LogP) is 1.91. The minimum Gasteiger partial charge on any atom is -0.471 e. The van der Waals surface area contributed by atoms with Gasteiger partial charge in [0, 0.05) is 17.4 Å². The summed E-state index contributed by atoms with van der Waals surface area (Å²) in [5, 5.41) is 5.92. The van der Waals surface area contributed by atoms with Crippen molar-refractivity contribution in [3.8, 4) is 5.88 Å². The summed E-state index contributed by atoms with van der Waals surface area (Å²) in [6, 6.07) is 4.78. The summed E-state index contributed by atoms with van der Waals surface area (Å²) in [5.74, 6) is -1.29. The van der Waals surface area contributed by atoms with E-state index in [1.54, 1.807) is 18.2 Å². The number of aryl methyl sites for hydroxylation is 1. The first-order valence-corrected chi connectivity index (χ1v) is 10.8. The highest BCUT2D eigenvalue weighted by Gasteiger charge is 2.29. The summed E-state index contributed by atoms with van der Waals surface area (Å²) in [6.45, 7) is 5.34. The average Bonchev–Trinajstić information content (AvgIpc) is 2.81. The van der Waals surface area contributed by atoms with Crippen LogP contribution in [-0.4, -0.2) is 46.9 Å². The molecule has 0 aliphatic heterocycles. The monoisotopic (exact) mass is 468 g/mol. The van der Waals surface area contributed by atoms with E-state index in [9.17, 15) is 14.4 Å². The van der Waals surface area contributed by atoms with E-state index in [1.807, 2.05) is 6.92 Å². The first-order chi connectivity index (χ1) is 16.3. The van der Waals surface area contributed by atoms with Crippen LogP contribution in [0.5, 0.6) is 5.88 Å². The number of ether oxygens (including phenoxy) is 1. The van der Waals surface area contributed by atoms with Crippen LogP contribution in [0.1, 0.15) is 52.0 Å². The van der Waals surface area contributed by atoms with Crippen LogP contribution >= 0.6 is 0 Å². The van der Waals surface area contributed by atoms with E-state index in [-0.39, 0.29) is 29.3 Å². The highest BCUT2D eigenvalue weighted by Crippen LogP contribution is 2.27. The number of amides is 3. The highest BCUT2D eigenvalue weighted by molar-refractivity contribution is 5.95. The maximum absolute atomic E-state index is 12.1. The molecule has 1 saturated carbocycles. The molecule has 1 aliphatic carbocycles. The number of nitrogens with two attached hydrogens (primary N) is 1. The van der Waals surface area contributed by atoms with Crippen molar-refractivity contribution >= 4 is 29.4 Å². The molecule has 0 radical (unpaired) electrons. The zero-order valence-corrected chi connectivity index (χ0v) is 19.1. The quantitative estimate of drug-likeness (QED) is 0.321. The van der Waals surface area contributed by atoms with Crippen LogP contribution < -0.4 is 26.6 Å². The van der Waals surface area contributed by atoms with Crippen molar-refractivity contribution in [2.75, 3.05) is 12.4 Å². The van der Waals surface area contributed by atoms with Crippen molar-refractivity contribution in [3.05, 3.63) is 53.7 Å². The van der Waals surface area contributed by atoms with Gasteiger partial charge >= 0.3 is 0 Å². The predicted molar refractivity (Wildman–Crippen MR) is 124 cm³/mol. The lowest BCUT2D eigenvalue weighted by Gasteiger charge is -2.32. The summed E-state index contributed by atoms with van der Waals surface area (Å²) in [6.07, 6.45) is 5.32. The van der Waals surface area contributed by atoms with Gasteiger partial charge in [-0.15, -0.1) is 0 Å². The van der Waals surface area contributed by atoms with Gasteiger partial charge in [0.15, 0.2) is 0 Å². The number of carbonyl (C=O) groups is 3. The minimum atomic E-state index is -0.738. The number of benzene rings is 1. The molecule has 2 unspecified atom stereocenters. The maximum Gasteiger partial charge on any atom is 0.274 e. The van der Waals surface area contributed by atoms with Crippen LogP contribution in [-0.2, 0) is 9.63 Å². The third-order valence-electron chi connectivity index (χ3n) is 5.44. The Bertz CT molecular complexity index is 1090. The summed E-state index contributed by atoms with van der Waals surface area (Å²) < 4.78 is 6.09. The molecular weight excluding hydrogens is 440 g/mol. The fourth-order valence-corrected chi connectivity index (χ4v) is 3.64. The maximum atomic E-state index is 12.1. The molecule has 1 aliphatic rings. The number of anilines is 2. The number of aromatic nitrogens is 2. The largest absolute Gasteiger partial charge is 0.471 e. The Morgan fingerprint density at radius 1 is 1.24 bits per heavy atom. The third-order valence-corrected chi connectivity index (χ3v) is 5.44. The zero-order chi connectivity index (χ0) is 24.7. The van der Waals surface area contributed by atoms with Gasteiger partial charge in [0.25, 0.3) is 11.8 Å². The Balaban J connectivity index is 1.87. The Hall–Kier alpha value is -3.99. The summed E-state index contributed by atoms with van der Waals surface area (Å²) in [5.41, 5.74) is 9.57. The number of carbonyl (C=O) groups excluding carboxylic acids is 3. The van der Waals surface area contributed by atoms with Crippen LogP contribution in [0, 0.1) is 6.92 Å². The topological polar surface area (TPSA) is 158 Å². The molecule has 3 amide bonds. The van der Waals surface area contributed by atoms with Gasteiger partial charge < -0.3 is 21.1 Å². The fourth-order valence-electron chi connectivity index (χ4n) is 3.64. The van der Waals surface area contributed by atoms with Crippen molar-refractivity contribution in [1.29, 1.82) is 0 Å². The van der Waals surface area contributed by atoms with E-state index in [0.717, 1.165) is 24.8 Å². The first kappa shape index (κ1) is 24.6. The number of primary amides is 1. The summed E-state index contributed by atoms with van der Waals surface area (Å²) in [7, 11) is 1.35. The summed E-state index contributed by atoms with van der Waals surface area (Å²) >= 11 is 0. The smallest absolute Gasteiger partial charge is 0.274 e. The van der Waals surface area contributed by atoms with Gasteiger partial charge in [-0.05, 0) is 50.0 Å². The van der Waals surface area contributed by atoms with Crippen molar-refractivity contribution in [1.82, 2.24) is 20.8 Å². The Morgan fingerprint density at radius 3 is 2.71 bits per heavy atom. The second kappa shape index (κ2) is 11.2. The van der Waals surface area contributed by atoms with E-state index < -0.39 is 17.9 Å². The van der Waals surface area contributed by atoms with E-state index in [4.69, 9.17) is 10.5 Å². The minimum absolute atomic E-state index is 0.0145. The molecule has 1 aromatic carbocycles. The number of rotatable bonds is 9.